The third-order valence-electron chi connectivity index (χ3n) is 1.04. The largest absolute Gasteiger partial charge is 0.307 e. The Hall–Kier alpha value is -0.990. The van der Waals surface area contributed by atoms with Crippen LogP contribution in [-0.2, 0) is 0 Å². The minimum atomic E-state index is -3.05. The number of rotatable bonds is 0. The Labute approximate surface area is 51.2 Å². The second-order valence-electron chi connectivity index (χ2n) is 1.75. The smallest absolute Gasteiger partial charge is 0.299 e. The number of hydrogen-bond donors (Lipinski definition) is 1. The van der Waals surface area contributed by atoms with Crippen molar-refractivity contribution >= 4 is 5.71 Å². The predicted octanol–water partition coefficient (Wildman–Crippen LogP) is 1.77. The maximum Gasteiger partial charge on any atom is 0.307 e. The van der Waals surface area contributed by atoms with Crippen LogP contribution >= 0.6 is 0 Å². The van der Waals surface area contributed by atoms with Gasteiger partial charge in [0.2, 0.25) is 0 Å². The molecule has 1 aliphatic rings. The summed E-state index contributed by atoms with van der Waals surface area (Å²) in [6.45, 7) is 0. The normalized spacial score (nSPS) is 22.7. The standard InChI is InChI=1S/C6H5F2N/c7-6(8)4-2-1-3-5(6)9/h1-4,9H. The van der Waals surface area contributed by atoms with Gasteiger partial charge in [-0.05, 0) is 12.2 Å². The molecule has 3 heteroatoms. The van der Waals surface area contributed by atoms with Crippen LogP contribution in [0.1, 0.15) is 0 Å². The fourth-order valence-corrected chi connectivity index (χ4v) is 0.529. The molecule has 0 aromatic rings. The molecule has 0 atom stereocenters. The second kappa shape index (κ2) is 1.76. The van der Waals surface area contributed by atoms with Gasteiger partial charge >= 0.3 is 5.92 Å². The summed E-state index contributed by atoms with van der Waals surface area (Å²) >= 11 is 0. The first-order valence-corrected chi connectivity index (χ1v) is 2.46. The molecule has 1 aliphatic carbocycles. The first-order valence-electron chi connectivity index (χ1n) is 2.46. The lowest BCUT2D eigenvalue weighted by Crippen LogP contribution is -2.24. The van der Waals surface area contributed by atoms with Gasteiger partial charge in [0.15, 0.2) is 0 Å². The Balaban J connectivity index is 2.91. The van der Waals surface area contributed by atoms with Crippen molar-refractivity contribution in [1.29, 1.82) is 5.41 Å². The van der Waals surface area contributed by atoms with Crippen LogP contribution in [0.25, 0.3) is 0 Å². The summed E-state index contributed by atoms with van der Waals surface area (Å²) in [4.78, 5) is 0. The summed E-state index contributed by atoms with van der Waals surface area (Å²) < 4.78 is 24.5. The van der Waals surface area contributed by atoms with Gasteiger partial charge < -0.3 is 0 Å². The topological polar surface area (TPSA) is 23.9 Å². The Morgan fingerprint density at radius 1 is 1.33 bits per heavy atom. The Kier molecular flexibility index (Phi) is 1.20. The molecule has 0 saturated heterocycles. The molecule has 0 amide bonds. The summed E-state index contributed by atoms with van der Waals surface area (Å²) in [5, 5.41) is 6.70. The fraction of sp³-hybridized carbons (Fsp3) is 0.167. The monoisotopic (exact) mass is 129 g/mol. The number of halogens is 2. The molecule has 0 aromatic heterocycles. The molecule has 0 fully saturated rings. The van der Waals surface area contributed by atoms with E-state index in [9.17, 15) is 8.78 Å². The van der Waals surface area contributed by atoms with E-state index in [0.717, 1.165) is 6.08 Å². The fourth-order valence-electron chi connectivity index (χ4n) is 0.529. The van der Waals surface area contributed by atoms with Crippen molar-refractivity contribution in [3.63, 3.8) is 0 Å². The SMILES string of the molecule is N=C1C=CC=CC1(F)F. The van der Waals surface area contributed by atoms with Gasteiger partial charge in [-0.15, -0.1) is 0 Å². The molecule has 48 valence electrons. The van der Waals surface area contributed by atoms with Crippen molar-refractivity contribution in [3.05, 3.63) is 24.3 Å². The van der Waals surface area contributed by atoms with Crippen molar-refractivity contribution in [1.82, 2.24) is 0 Å². The molecule has 0 aromatic carbocycles. The first-order chi connectivity index (χ1) is 4.13. The van der Waals surface area contributed by atoms with Gasteiger partial charge in [0.05, 0.1) is 0 Å². The molecule has 0 radical (unpaired) electrons. The molecule has 1 rings (SSSR count). The van der Waals surface area contributed by atoms with Crippen LogP contribution in [0.4, 0.5) is 8.78 Å². The second-order valence-corrected chi connectivity index (χ2v) is 1.75. The van der Waals surface area contributed by atoms with Crippen molar-refractivity contribution in [2.75, 3.05) is 0 Å². The lowest BCUT2D eigenvalue weighted by molar-refractivity contribution is 0.134. The lowest BCUT2D eigenvalue weighted by atomic mass is 10.1. The van der Waals surface area contributed by atoms with Crippen LogP contribution in [0.3, 0.4) is 0 Å². The van der Waals surface area contributed by atoms with E-state index in [2.05, 4.69) is 0 Å². The lowest BCUT2D eigenvalue weighted by Gasteiger charge is -2.11. The van der Waals surface area contributed by atoms with Crippen LogP contribution in [0.15, 0.2) is 24.3 Å². The third kappa shape index (κ3) is 1.04. The quantitative estimate of drug-likeness (QED) is 0.515. The van der Waals surface area contributed by atoms with E-state index < -0.39 is 11.6 Å². The summed E-state index contributed by atoms with van der Waals surface area (Å²) in [7, 11) is 0. The van der Waals surface area contributed by atoms with Crippen molar-refractivity contribution in [3.8, 4) is 0 Å². The minimum absolute atomic E-state index is 0.648. The van der Waals surface area contributed by atoms with Gasteiger partial charge in [-0.25, -0.2) is 0 Å². The average Bonchev–Trinajstić information content (AvgIpc) is 1.77. The highest BCUT2D eigenvalue weighted by Crippen LogP contribution is 2.20. The highest BCUT2D eigenvalue weighted by atomic mass is 19.3. The summed E-state index contributed by atoms with van der Waals surface area (Å²) in [5.41, 5.74) is -0.648. The Morgan fingerprint density at radius 3 is 2.33 bits per heavy atom. The van der Waals surface area contributed by atoms with Crippen LogP contribution in [0, 0.1) is 5.41 Å². The molecule has 1 N–H and O–H groups in total. The molecule has 0 heterocycles. The van der Waals surface area contributed by atoms with E-state index in [0.29, 0.717) is 6.08 Å². The average molecular weight is 129 g/mol. The van der Waals surface area contributed by atoms with Gasteiger partial charge in [-0.1, -0.05) is 12.2 Å². The maximum atomic E-state index is 12.2. The molecule has 0 aliphatic heterocycles. The van der Waals surface area contributed by atoms with Gasteiger partial charge in [0.1, 0.15) is 5.71 Å². The summed E-state index contributed by atoms with van der Waals surface area (Å²) in [6.07, 6.45) is 4.44. The Bertz CT molecular complexity index is 191. The van der Waals surface area contributed by atoms with Crippen LogP contribution in [0.2, 0.25) is 0 Å². The molecule has 9 heavy (non-hydrogen) atoms. The molecule has 0 unspecified atom stereocenters. The minimum Gasteiger partial charge on any atom is -0.299 e. The van der Waals surface area contributed by atoms with Crippen molar-refractivity contribution in [2.45, 2.75) is 5.92 Å². The highest BCUT2D eigenvalue weighted by molar-refractivity contribution is 6.00. The van der Waals surface area contributed by atoms with E-state index in [1.54, 1.807) is 0 Å². The number of hydrogen-bond acceptors (Lipinski definition) is 1. The number of allylic oxidation sites excluding steroid dienone is 4. The maximum absolute atomic E-state index is 12.2. The highest BCUT2D eigenvalue weighted by Gasteiger charge is 2.30. The van der Waals surface area contributed by atoms with E-state index in [-0.39, 0.29) is 0 Å². The van der Waals surface area contributed by atoms with E-state index >= 15 is 0 Å². The van der Waals surface area contributed by atoms with Crippen LogP contribution in [-0.4, -0.2) is 11.6 Å². The van der Waals surface area contributed by atoms with Crippen molar-refractivity contribution < 1.29 is 8.78 Å². The molecular formula is C6H5F2N. The van der Waals surface area contributed by atoms with Crippen molar-refractivity contribution in [2.24, 2.45) is 0 Å². The Morgan fingerprint density at radius 2 is 2.00 bits per heavy atom. The number of alkyl halides is 2. The van der Waals surface area contributed by atoms with Crippen LogP contribution in [0.5, 0.6) is 0 Å². The van der Waals surface area contributed by atoms with E-state index in [4.69, 9.17) is 5.41 Å². The zero-order valence-corrected chi connectivity index (χ0v) is 4.57. The van der Waals surface area contributed by atoms with E-state index in [1.165, 1.54) is 12.2 Å². The first kappa shape index (κ1) is 6.13. The number of nitrogens with one attached hydrogen (secondary N) is 1. The third-order valence-corrected chi connectivity index (χ3v) is 1.04. The summed E-state index contributed by atoms with van der Waals surface area (Å²) in [5.74, 6) is -3.05. The molecule has 1 nitrogen and oxygen atoms in total. The molecule has 0 spiro atoms. The van der Waals surface area contributed by atoms with Gasteiger partial charge in [0.25, 0.3) is 0 Å². The molecular weight excluding hydrogens is 124 g/mol. The van der Waals surface area contributed by atoms with Crippen LogP contribution < -0.4 is 0 Å². The zero-order chi connectivity index (χ0) is 6.91. The predicted molar refractivity (Wildman–Crippen MR) is 31.0 cm³/mol. The van der Waals surface area contributed by atoms with Gasteiger partial charge in [-0.2, -0.15) is 8.78 Å². The molecule has 0 bridgehead atoms. The molecule has 0 saturated carbocycles. The summed E-state index contributed by atoms with van der Waals surface area (Å²) in [6, 6.07) is 0. The zero-order valence-electron chi connectivity index (χ0n) is 4.57. The van der Waals surface area contributed by atoms with Gasteiger partial charge in [-0.3, -0.25) is 5.41 Å². The van der Waals surface area contributed by atoms with E-state index in [1.807, 2.05) is 0 Å². The van der Waals surface area contributed by atoms with Gasteiger partial charge in [0, 0.05) is 0 Å².